The number of carboxylic acids is 1. The number of hydrogen-bond donors (Lipinski definition) is 1. The van der Waals surface area contributed by atoms with Gasteiger partial charge in [-0.3, -0.25) is 14.5 Å². The summed E-state index contributed by atoms with van der Waals surface area (Å²) in [4.78, 5) is 41.7. The van der Waals surface area contributed by atoms with Crippen molar-refractivity contribution >= 4 is 29.4 Å². The second-order valence-corrected chi connectivity index (χ2v) is 13.0. The molecule has 1 amide bonds. The summed E-state index contributed by atoms with van der Waals surface area (Å²) in [6.07, 6.45) is -5.21. The highest BCUT2D eigenvalue weighted by atomic mass is 35.5. The molecule has 2 aliphatic carbocycles. The van der Waals surface area contributed by atoms with Crippen molar-refractivity contribution < 1.29 is 45.8 Å². The van der Waals surface area contributed by atoms with Crippen LogP contribution in [-0.4, -0.2) is 87.8 Å². The van der Waals surface area contributed by atoms with Crippen molar-refractivity contribution in [3.63, 3.8) is 0 Å². The van der Waals surface area contributed by atoms with Gasteiger partial charge in [-0.1, -0.05) is 23.7 Å². The van der Waals surface area contributed by atoms with E-state index in [0.717, 1.165) is 21.7 Å². The molecule has 1 aliphatic heterocycles. The van der Waals surface area contributed by atoms with Crippen molar-refractivity contribution in [3.05, 3.63) is 75.2 Å². The second-order valence-electron chi connectivity index (χ2n) is 12.6. The highest BCUT2D eigenvalue weighted by Crippen LogP contribution is 2.60. The Morgan fingerprint density at radius 2 is 1.81 bits per heavy atom. The molecule has 47 heavy (non-hydrogen) atoms. The standard InChI is InChI=1S/C32H29ClF6N4O4/c1-41(2)24-14-42(15-31(24,35)36)27(44)16-6-9-19-23(13-16)43(40-26(19)18-8-7-17(29(46)47)12-22(18)34)28(45)25-20(4-3-5-21(25)33)30(10-11-30)32(37,38)39/h3-5,7-8,12,16,24H,6,9-11,13-15H2,1-2H3,(H,46,47). The Labute approximate surface area is 269 Å². The van der Waals surface area contributed by atoms with Crippen molar-refractivity contribution in [3.8, 4) is 11.3 Å². The summed E-state index contributed by atoms with van der Waals surface area (Å²) >= 11 is 6.39. The van der Waals surface area contributed by atoms with E-state index in [1.165, 1.54) is 43.3 Å². The molecular formula is C32H29ClF6N4O4. The molecule has 15 heteroatoms. The largest absolute Gasteiger partial charge is 0.478 e. The molecule has 1 N–H and O–H groups in total. The zero-order chi connectivity index (χ0) is 34.2. The highest BCUT2D eigenvalue weighted by Gasteiger charge is 2.65. The maximum absolute atomic E-state index is 15.3. The monoisotopic (exact) mass is 682 g/mol. The number of likely N-dealkylation sites (N-methyl/N-ethyl adjacent to an activating group) is 1. The number of amides is 1. The molecule has 2 fully saturated rings. The van der Waals surface area contributed by atoms with Gasteiger partial charge in [-0.15, -0.1) is 0 Å². The third-order valence-corrected chi connectivity index (χ3v) is 9.85. The number of aromatic nitrogens is 2. The summed E-state index contributed by atoms with van der Waals surface area (Å²) < 4.78 is 88.4. The Hall–Kier alpha value is -3.91. The predicted octanol–water partition coefficient (Wildman–Crippen LogP) is 5.84. The summed E-state index contributed by atoms with van der Waals surface area (Å²) in [5.74, 6) is -8.00. The molecular weight excluding hydrogens is 654 g/mol. The molecule has 0 bridgehead atoms. The van der Waals surface area contributed by atoms with Gasteiger partial charge >= 0.3 is 12.1 Å². The number of nitrogens with zero attached hydrogens (tertiary/aromatic N) is 4. The van der Waals surface area contributed by atoms with Gasteiger partial charge in [0.2, 0.25) is 5.91 Å². The number of likely N-dealkylation sites (tertiary alicyclic amines) is 1. The maximum atomic E-state index is 15.3. The van der Waals surface area contributed by atoms with Crippen LogP contribution in [0.5, 0.6) is 0 Å². The number of alkyl halides is 5. The predicted molar refractivity (Wildman–Crippen MR) is 157 cm³/mol. The zero-order valence-corrected chi connectivity index (χ0v) is 25.9. The van der Waals surface area contributed by atoms with Crippen molar-refractivity contribution in [2.24, 2.45) is 5.92 Å². The summed E-state index contributed by atoms with van der Waals surface area (Å²) in [6.45, 7) is -1.03. The Morgan fingerprint density at radius 1 is 1.11 bits per heavy atom. The Kier molecular flexibility index (Phi) is 7.98. The van der Waals surface area contributed by atoms with E-state index >= 15 is 4.39 Å². The van der Waals surface area contributed by atoms with E-state index in [1.807, 2.05) is 0 Å². The van der Waals surface area contributed by atoms with Crippen LogP contribution in [0.4, 0.5) is 26.3 Å². The van der Waals surface area contributed by atoms with Gasteiger partial charge in [0, 0.05) is 30.0 Å². The molecule has 3 aromatic rings. The molecule has 1 saturated carbocycles. The third-order valence-electron chi connectivity index (χ3n) is 9.54. The molecule has 2 aromatic carbocycles. The first-order chi connectivity index (χ1) is 22.0. The number of halogens is 7. The van der Waals surface area contributed by atoms with Gasteiger partial charge in [0.1, 0.15) is 5.82 Å². The lowest BCUT2D eigenvalue weighted by Crippen LogP contribution is -2.42. The number of benzene rings is 2. The zero-order valence-electron chi connectivity index (χ0n) is 25.2. The van der Waals surface area contributed by atoms with Crippen LogP contribution in [0.3, 0.4) is 0 Å². The molecule has 8 nitrogen and oxygen atoms in total. The number of carbonyl (C=O) groups is 3. The maximum Gasteiger partial charge on any atom is 0.398 e. The summed E-state index contributed by atoms with van der Waals surface area (Å²) in [5.41, 5.74) is -3.19. The third kappa shape index (κ3) is 5.48. The van der Waals surface area contributed by atoms with E-state index in [4.69, 9.17) is 11.6 Å². The molecule has 0 spiro atoms. The first kappa shape index (κ1) is 33.0. The van der Waals surface area contributed by atoms with Gasteiger partial charge in [-0.2, -0.15) is 23.0 Å². The van der Waals surface area contributed by atoms with Gasteiger partial charge in [0.15, 0.2) is 0 Å². The van der Waals surface area contributed by atoms with Crippen LogP contribution < -0.4 is 0 Å². The van der Waals surface area contributed by atoms with Gasteiger partial charge in [0.25, 0.3) is 11.8 Å². The van der Waals surface area contributed by atoms with Crippen LogP contribution >= 0.6 is 11.6 Å². The van der Waals surface area contributed by atoms with E-state index in [2.05, 4.69) is 5.10 Å². The SMILES string of the molecule is CN(C)C1CN(C(=O)C2CCc3c(-c4ccc(C(=O)O)cc4F)nn(C(=O)c4c(Cl)cccc4C4(C(F)(F)F)CC4)c3C2)CC1(F)F. The minimum atomic E-state index is -4.68. The lowest BCUT2D eigenvalue weighted by atomic mass is 9.84. The minimum Gasteiger partial charge on any atom is -0.478 e. The summed E-state index contributed by atoms with van der Waals surface area (Å²) in [5, 5.41) is 13.4. The summed E-state index contributed by atoms with van der Waals surface area (Å²) in [7, 11) is 2.97. The van der Waals surface area contributed by atoms with Gasteiger partial charge < -0.3 is 10.0 Å². The first-order valence-corrected chi connectivity index (χ1v) is 15.2. The summed E-state index contributed by atoms with van der Waals surface area (Å²) in [6, 6.07) is 5.65. The van der Waals surface area contributed by atoms with E-state index < -0.39 is 65.2 Å². The lowest BCUT2D eigenvalue weighted by molar-refractivity contribution is -0.160. The lowest BCUT2D eigenvalue weighted by Gasteiger charge is -2.27. The van der Waals surface area contributed by atoms with Crippen LogP contribution in [0, 0.1) is 11.7 Å². The van der Waals surface area contributed by atoms with Crippen LogP contribution in [0.25, 0.3) is 11.3 Å². The van der Waals surface area contributed by atoms with E-state index in [1.54, 1.807) is 0 Å². The smallest absolute Gasteiger partial charge is 0.398 e. The first-order valence-electron chi connectivity index (χ1n) is 14.8. The van der Waals surface area contributed by atoms with Crippen molar-refractivity contribution in [2.75, 3.05) is 27.2 Å². The number of hydrogen-bond acceptors (Lipinski definition) is 5. The molecule has 0 radical (unpaired) electrons. The molecule has 3 aliphatic rings. The quantitative estimate of drug-likeness (QED) is 0.329. The van der Waals surface area contributed by atoms with Crippen LogP contribution in [0.2, 0.25) is 5.02 Å². The molecule has 2 heterocycles. The van der Waals surface area contributed by atoms with Crippen molar-refractivity contribution in [1.82, 2.24) is 19.6 Å². The average Bonchev–Trinajstić information content (AvgIpc) is 3.65. The normalized spacial score (nSPS) is 21.5. The second kappa shape index (κ2) is 11.4. The Bertz CT molecular complexity index is 1800. The topological polar surface area (TPSA) is 95.7 Å². The van der Waals surface area contributed by atoms with E-state index in [9.17, 15) is 41.4 Å². The Balaban J connectivity index is 1.45. The molecule has 250 valence electrons. The van der Waals surface area contributed by atoms with Crippen molar-refractivity contribution in [2.45, 2.75) is 55.7 Å². The average molecular weight is 683 g/mol. The number of aromatic carboxylic acids is 1. The number of fused-ring (bicyclic) bond motifs is 1. The number of carbonyl (C=O) groups excluding carboxylic acids is 2. The molecule has 6 rings (SSSR count). The van der Waals surface area contributed by atoms with E-state index in [0.29, 0.717) is 5.56 Å². The van der Waals surface area contributed by atoms with Crippen LogP contribution in [-0.2, 0) is 23.1 Å². The van der Waals surface area contributed by atoms with E-state index in [-0.39, 0.29) is 71.7 Å². The number of rotatable bonds is 6. The van der Waals surface area contributed by atoms with Gasteiger partial charge in [0.05, 0.1) is 45.5 Å². The molecule has 2 atom stereocenters. The fraction of sp³-hybridized carbons (Fsp3) is 0.438. The molecule has 1 saturated heterocycles. The molecule has 1 aromatic heterocycles. The van der Waals surface area contributed by atoms with Crippen molar-refractivity contribution in [1.29, 1.82) is 0 Å². The van der Waals surface area contributed by atoms with Crippen LogP contribution in [0.1, 0.15) is 56.8 Å². The van der Waals surface area contributed by atoms with Crippen LogP contribution in [0.15, 0.2) is 36.4 Å². The fourth-order valence-electron chi connectivity index (χ4n) is 6.86. The minimum absolute atomic E-state index is 0.0533. The Morgan fingerprint density at radius 3 is 2.38 bits per heavy atom. The van der Waals surface area contributed by atoms with Gasteiger partial charge in [-0.25, -0.2) is 18.0 Å². The highest BCUT2D eigenvalue weighted by molar-refractivity contribution is 6.34. The number of carboxylic acid groups (broad SMARTS) is 1. The van der Waals surface area contributed by atoms with Gasteiger partial charge in [-0.05, 0) is 69.6 Å². The molecule has 2 unspecified atom stereocenters. The fourth-order valence-corrected chi connectivity index (χ4v) is 7.11.